The van der Waals surface area contributed by atoms with Crippen molar-refractivity contribution in [2.45, 2.75) is 63.3 Å². The van der Waals surface area contributed by atoms with E-state index in [1.54, 1.807) is 0 Å². The van der Waals surface area contributed by atoms with Gasteiger partial charge in [0.2, 0.25) is 0 Å². The monoisotopic (exact) mass is 260 g/mol. The van der Waals surface area contributed by atoms with Gasteiger partial charge in [0.25, 0.3) is 0 Å². The summed E-state index contributed by atoms with van der Waals surface area (Å²) in [4.78, 5) is 0. The molecule has 1 aliphatic carbocycles. The molecule has 2 fully saturated rings. The van der Waals surface area contributed by atoms with Crippen LogP contribution in [0.5, 0.6) is 0 Å². The zero-order valence-electron chi connectivity index (χ0n) is 12.0. The lowest BCUT2D eigenvalue weighted by molar-refractivity contribution is -0.250. The predicted octanol–water partition coefficient (Wildman–Crippen LogP) is 4.04. The van der Waals surface area contributed by atoms with Gasteiger partial charge in [0.05, 0.1) is 18.1 Å². The quantitative estimate of drug-likeness (QED) is 0.813. The van der Waals surface area contributed by atoms with Crippen molar-refractivity contribution >= 4 is 0 Å². The molecule has 1 aromatic carbocycles. The van der Waals surface area contributed by atoms with E-state index in [0.717, 1.165) is 25.9 Å². The molecule has 0 spiro atoms. The van der Waals surface area contributed by atoms with E-state index in [9.17, 15) is 0 Å². The molecule has 104 valence electrons. The van der Waals surface area contributed by atoms with E-state index in [-0.39, 0.29) is 17.3 Å². The van der Waals surface area contributed by atoms with Crippen LogP contribution in [-0.2, 0) is 14.9 Å². The van der Waals surface area contributed by atoms with Crippen LogP contribution >= 0.6 is 0 Å². The number of rotatable bonds is 4. The normalized spacial score (nSPS) is 35.3. The lowest BCUT2D eigenvalue weighted by Gasteiger charge is -2.41. The summed E-state index contributed by atoms with van der Waals surface area (Å²) in [6, 6.07) is 10.8. The van der Waals surface area contributed by atoms with E-state index in [2.05, 4.69) is 44.2 Å². The molecule has 0 bridgehead atoms. The highest BCUT2D eigenvalue weighted by molar-refractivity contribution is 5.32. The lowest BCUT2D eigenvalue weighted by Crippen LogP contribution is -2.48. The summed E-state index contributed by atoms with van der Waals surface area (Å²) < 4.78 is 12.6. The van der Waals surface area contributed by atoms with Crippen LogP contribution in [0.1, 0.15) is 51.5 Å². The van der Waals surface area contributed by atoms with Crippen molar-refractivity contribution in [2.24, 2.45) is 0 Å². The first-order valence-electron chi connectivity index (χ1n) is 7.60. The Kier molecular flexibility index (Phi) is 3.40. The van der Waals surface area contributed by atoms with Gasteiger partial charge in [-0.1, -0.05) is 37.3 Å². The molecular formula is C17H24O2. The summed E-state index contributed by atoms with van der Waals surface area (Å²) >= 11 is 0. The first-order chi connectivity index (χ1) is 9.22. The molecule has 1 saturated heterocycles. The third kappa shape index (κ3) is 1.93. The zero-order chi connectivity index (χ0) is 13.3. The number of ether oxygens (including phenoxy) is 2. The Hall–Kier alpha value is -0.860. The van der Waals surface area contributed by atoms with Crippen molar-refractivity contribution in [3.8, 4) is 0 Å². The maximum atomic E-state index is 6.41. The van der Waals surface area contributed by atoms with Crippen LogP contribution in [0.25, 0.3) is 0 Å². The minimum Gasteiger partial charge on any atom is -0.349 e. The van der Waals surface area contributed by atoms with Crippen molar-refractivity contribution in [3.05, 3.63) is 35.9 Å². The molecule has 3 unspecified atom stereocenters. The van der Waals surface area contributed by atoms with Crippen LogP contribution in [0.3, 0.4) is 0 Å². The van der Waals surface area contributed by atoms with Gasteiger partial charge in [-0.2, -0.15) is 0 Å². The SMILES string of the molecule is CCC(C)OC12CCCC1(c1ccccc1)CCO2. The van der Waals surface area contributed by atoms with E-state index in [1.807, 2.05) is 0 Å². The van der Waals surface area contributed by atoms with Crippen LogP contribution in [-0.4, -0.2) is 18.5 Å². The van der Waals surface area contributed by atoms with E-state index in [4.69, 9.17) is 9.47 Å². The summed E-state index contributed by atoms with van der Waals surface area (Å²) in [6.07, 6.45) is 5.81. The van der Waals surface area contributed by atoms with Crippen molar-refractivity contribution < 1.29 is 9.47 Å². The number of benzene rings is 1. The highest BCUT2D eigenvalue weighted by Gasteiger charge is 2.61. The largest absolute Gasteiger partial charge is 0.349 e. The molecule has 3 rings (SSSR count). The van der Waals surface area contributed by atoms with Crippen LogP contribution in [0.2, 0.25) is 0 Å². The average molecular weight is 260 g/mol. The zero-order valence-corrected chi connectivity index (χ0v) is 12.0. The summed E-state index contributed by atoms with van der Waals surface area (Å²) in [5.74, 6) is -0.371. The molecule has 0 radical (unpaired) electrons. The van der Waals surface area contributed by atoms with E-state index >= 15 is 0 Å². The molecule has 1 saturated carbocycles. The van der Waals surface area contributed by atoms with E-state index in [0.29, 0.717) is 0 Å². The number of hydrogen-bond donors (Lipinski definition) is 0. The van der Waals surface area contributed by atoms with Gasteiger partial charge in [-0.15, -0.1) is 0 Å². The Morgan fingerprint density at radius 3 is 2.74 bits per heavy atom. The minimum absolute atomic E-state index is 0.0810. The van der Waals surface area contributed by atoms with Crippen molar-refractivity contribution in [2.75, 3.05) is 6.61 Å². The molecule has 0 N–H and O–H groups in total. The number of hydrogen-bond acceptors (Lipinski definition) is 2. The second-order valence-electron chi connectivity index (χ2n) is 5.99. The Bertz CT molecular complexity index is 416. The van der Waals surface area contributed by atoms with Gasteiger partial charge >= 0.3 is 0 Å². The third-order valence-electron chi connectivity index (χ3n) is 5.00. The molecule has 2 nitrogen and oxygen atoms in total. The first kappa shape index (κ1) is 13.1. The summed E-state index contributed by atoms with van der Waals surface area (Å²) in [5.41, 5.74) is 1.48. The molecule has 1 aliphatic heterocycles. The lowest BCUT2D eigenvalue weighted by atomic mass is 9.74. The smallest absolute Gasteiger partial charge is 0.178 e. The fourth-order valence-electron chi connectivity index (χ4n) is 3.85. The molecule has 1 aromatic rings. The van der Waals surface area contributed by atoms with Crippen molar-refractivity contribution in [3.63, 3.8) is 0 Å². The summed E-state index contributed by atoms with van der Waals surface area (Å²) in [6.45, 7) is 5.16. The Labute approximate surface area is 116 Å². The standard InChI is InChI=1S/C17H24O2/c1-3-14(2)19-17-11-7-10-16(17,12-13-18-17)15-8-5-4-6-9-15/h4-6,8-9,14H,3,7,10-13H2,1-2H3. The first-order valence-corrected chi connectivity index (χ1v) is 7.60. The fourth-order valence-corrected chi connectivity index (χ4v) is 3.85. The van der Waals surface area contributed by atoms with Crippen LogP contribution in [0.4, 0.5) is 0 Å². The van der Waals surface area contributed by atoms with Crippen LogP contribution < -0.4 is 0 Å². The second kappa shape index (κ2) is 4.92. The highest BCUT2D eigenvalue weighted by atomic mass is 16.7. The molecule has 2 heteroatoms. The van der Waals surface area contributed by atoms with Gasteiger partial charge < -0.3 is 9.47 Å². The molecule has 0 amide bonds. The molecule has 0 aromatic heterocycles. The Morgan fingerprint density at radius 1 is 1.21 bits per heavy atom. The maximum Gasteiger partial charge on any atom is 0.178 e. The van der Waals surface area contributed by atoms with Crippen molar-refractivity contribution in [1.82, 2.24) is 0 Å². The maximum absolute atomic E-state index is 6.41. The summed E-state index contributed by atoms with van der Waals surface area (Å²) in [7, 11) is 0. The van der Waals surface area contributed by atoms with Crippen LogP contribution in [0, 0.1) is 0 Å². The number of fused-ring (bicyclic) bond motifs is 1. The molecule has 2 aliphatic rings. The van der Waals surface area contributed by atoms with Gasteiger partial charge in [0, 0.05) is 6.42 Å². The van der Waals surface area contributed by atoms with E-state index in [1.165, 1.54) is 18.4 Å². The van der Waals surface area contributed by atoms with Gasteiger partial charge in [0.1, 0.15) is 0 Å². The van der Waals surface area contributed by atoms with Gasteiger partial charge in [-0.05, 0) is 38.2 Å². The fraction of sp³-hybridized carbons (Fsp3) is 0.647. The molecule has 19 heavy (non-hydrogen) atoms. The Balaban J connectivity index is 1.98. The van der Waals surface area contributed by atoms with Gasteiger partial charge in [-0.3, -0.25) is 0 Å². The topological polar surface area (TPSA) is 18.5 Å². The van der Waals surface area contributed by atoms with Crippen LogP contribution in [0.15, 0.2) is 30.3 Å². The minimum atomic E-state index is -0.371. The van der Waals surface area contributed by atoms with Crippen molar-refractivity contribution in [1.29, 1.82) is 0 Å². The van der Waals surface area contributed by atoms with Gasteiger partial charge in [-0.25, -0.2) is 0 Å². The molecule has 3 atom stereocenters. The predicted molar refractivity (Wildman–Crippen MR) is 76.1 cm³/mol. The third-order valence-corrected chi connectivity index (χ3v) is 5.00. The Morgan fingerprint density at radius 2 is 2.00 bits per heavy atom. The van der Waals surface area contributed by atoms with E-state index < -0.39 is 0 Å². The summed E-state index contributed by atoms with van der Waals surface area (Å²) in [5, 5.41) is 0. The highest BCUT2D eigenvalue weighted by Crippen LogP contribution is 2.57. The average Bonchev–Trinajstić information content (AvgIpc) is 2.95. The molecular weight excluding hydrogens is 236 g/mol. The van der Waals surface area contributed by atoms with Gasteiger partial charge in [0.15, 0.2) is 5.79 Å². The molecule has 1 heterocycles. The second-order valence-corrected chi connectivity index (χ2v) is 5.99.